The highest BCUT2D eigenvalue weighted by Crippen LogP contribution is 2.37. The van der Waals surface area contributed by atoms with Crippen molar-refractivity contribution in [2.75, 3.05) is 5.32 Å². The molecule has 4 aromatic rings. The van der Waals surface area contributed by atoms with Crippen LogP contribution in [-0.2, 0) is 0 Å². The van der Waals surface area contributed by atoms with E-state index in [1.54, 1.807) is 12.4 Å². The van der Waals surface area contributed by atoms with Gasteiger partial charge in [0.25, 0.3) is 5.91 Å². The minimum Gasteiger partial charge on any atom is -0.367 e. The van der Waals surface area contributed by atoms with Gasteiger partial charge in [-0.2, -0.15) is 10.2 Å². The summed E-state index contributed by atoms with van der Waals surface area (Å²) < 4.78 is 0. The van der Waals surface area contributed by atoms with Crippen LogP contribution in [0.5, 0.6) is 0 Å². The fourth-order valence-corrected chi connectivity index (χ4v) is 3.74. The Balaban J connectivity index is 1.71. The molecular formula is C21H20N6O. The molecule has 3 aromatic heterocycles. The first kappa shape index (κ1) is 16.7. The molecule has 28 heavy (non-hydrogen) atoms. The summed E-state index contributed by atoms with van der Waals surface area (Å²) in [6, 6.07) is 10.1. The van der Waals surface area contributed by atoms with Gasteiger partial charge in [-0.25, -0.2) is 4.98 Å². The Morgan fingerprint density at radius 3 is 2.89 bits per heavy atom. The molecule has 1 fully saturated rings. The molecule has 1 atom stereocenters. The molecule has 7 nitrogen and oxygen atoms in total. The molecule has 140 valence electrons. The van der Waals surface area contributed by atoms with Crippen molar-refractivity contribution in [1.29, 1.82) is 0 Å². The second kappa shape index (κ2) is 6.30. The molecule has 1 aliphatic rings. The molecular weight excluding hydrogens is 352 g/mol. The number of nitrogens with zero attached hydrogens (tertiary/aromatic N) is 3. The van der Waals surface area contributed by atoms with E-state index >= 15 is 0 Å². The zero-order valence-electron chi connectivity index (χ0n) is 15.4. The van der Waals surface area contributed by atoms with Crippen LogP contribution >= 0.6 is 0 Å². The van der Waals surface area contributed by atoms with Crippen LogP contribution in [0.1, 0.15) is 30.1 Å². The minimum atomic E-state index is -0.500. The van der Waals surface area contributed by atoms with Crippen molar-refractivity contribution in [1.82, 2.24) is 20.2 Å². The Hall–Kier alpha value is -3.48. The minimum absolute atomic E-state index is 0.332. The lowest BCUT2D eigenvalue weighted by molar-refractivity contribution is 0.100. The molecule has 1 amide bonds. The first-order valence-corrected chi connectivity index (χ1v) is 9.40. The second-order valence-corrected chi connectivity index (χ2v) is 7.40. The van der Waals surface area contributed by atoms with Gasteiger partial charge >= 0.3 is 0 Å². The van der Waals surface area contributed by atoms with Crippen molar-refractivity contribution in [3.8, 4) is 11.3 Å². The van der Waals surface area contributed by atoms with Crippen LogP contribution < -0.4 is 11.1 Å². The Labute approximate surface area is 161 Å². The smallest absolute Gasteiger partial charge is 0.252 e. The number of primary amides is 1. The van der Waals surface area contributed by atoms with Gasteiger partial charge in [0.15, 0.2) is 0 Å². The highest BCUT2D eigenvalue weighted by atomic mass is 16.1. The lowest BCUT2D eigenvalue weighted by Crippen LogP contribution is -2.19. The van der Waals surface area contributed by atoms with E-state index in [0.717, 1.165) is 33.4 Å². The lowest BCUT2D eigenvalue weighted by Gasteiger charge is -2.15. The van der Waals surface area contributed by atoms with E-state index in [-0.39, 0.29) is 0 Å². The second-order valence-electron chi connectivity index (χ2n) is 7.40. The van der Waals surface area contributed by atoms with E-state index in [0.29, 0.717) is 23.0 Å². The predicted molar refractivity (Wildman–Crippen MR) is 109 cm³/mol. The molecule has 0 radical (unpaired) electrons. The van der Waals surface area contributed by atoms with Gasteiger partial charge in [-0.15, -0.1) is 0 Å². The van der Waals surface area contributed by atoms with Crippen LogP contribution in [0.4, 0.5) is 5.82 Å². The summed E-state index contributed by atoms with van der Waals surface area (Å²) in [5.41, 5.74) is 9.32. The number of nitrogens with one attached hydrogen (secondary N) is 2. The molecule has 0 bridgehead atoms. The summed E-state index contributed by atoms with van der Waals surface area (Å²) in [6.07, 6.45) is 5.68. The van der Waals surface area contributed by atoms with Crippen LogP contribution in [0.2, 0.25) is 0 Å². The number of carbonyl (C=O) groups is 1. The molecule has 0 saturated heterocycles. The number of hydrogen-bond donors (Lipinski definition) is 3. The van der Waals surface area contributed by atoms with E-state index in [1.165, 1.54) is 12.8 Å². The van der Waals surface area contributed by atoms with E-state index in [9.17, 15) is 4.79 Å². The average molecular weight is 372 g/mol. The fraction of sp³-hybridized carbons (Fsp3) is 0.238. The van der Waals surface area contributed by atoms with Gasteiger partial charge in [-0.3, -0.25) is 4.79 Å². The van der Waals surface area contributed by atoms with Crippen LogP contribution in [0.15, 0.2) is 42.7 Å². The number of anilines is 1. The van der Waals surface area contributed by atoms with Crippen LogP contribution in [0, 0.1) is 5.92 Å². The summed E-state index contributed by atoms with van der Waals surface area (Å²) in [4.78, 5) is 19.8. The van der Waals surface area contributed by atoms with Crippen molar-refractivity contribution < 1.29 is 4.79 Å². The predicted octanol–water partition coefficient (Wildman–Crippen LogP) is 3.48. The maximum absolute atomic E-state index is 12.0. The molecule has 1 aromatic carbocycles. The van der Waals surface area contributed by atoms with E-state index in [4.69, 9.17) is 5.73 Å². The van der Waals surface area contributed by atoms with Crippen molar-refractivity contribution >= 4 is 33.5 Å². The van der Waals surface area contributed by atoms with Crippen molar-refractivity contribution in [3.63, 3.8) is 0 Å². The van der Waals surface area contributed by atoms with Crippen LogP contribution in [-0.4, -0.2) is 32.1 Å². The maximum atomic E-state index is 12.0. The SMILES string of the molecule is CC(Nc1ncc(C(N)=O)c2[nH]c3cc(-c4cccnn4)ccc3c12)C1CC1. The summed E-state index contributed by atoms with van der Waals surface area (Å²) in [5.74, 6) is 0.957. The maximum Gasteiger partial charge on any atom is 0.252 e. The number of hydrogen-bond acceptors (Lipinski definition) is 5. The number of amides is 1. The van der Waals surface area contributed by atoms with Crippen molar-refractivity contribution in [3.05, 3.63) is 48.3 Å². The molecule has 1 aliphatic carbocycles. The highest BCUT2D eigenvalue weighted by molar-refractivity contribution is 6.18. The highest BCUT2D eigenvalue weighted by Gasteiger charge is 2.29. The molecule has 7 heteroatoms. The van der Waals surface area contributed by atoms with Crippen molar-refractivity contribution in [2.24, 2.45) is 11.7 Å². The first-order chi connectivity index (χ1) is 13.6. The largest absolute Gasteiger partial charge is 0.367 e. The van der Waals surface area contributed by atoms with Gasteiger partial charge in [0.1, 0.15) is 5.82 Å². The van der Waals surface area contributed by atoms with Gasteiger partial charge in [0, 0.05) is 34.9 Å². The monoisotopic (exact) mass is 372 g/mol. The van der Waals surface area contributed by atoms with Crippen LogP contribution in [0.25, 0.3) is 33.1 Å². The zero-order chi connectivity index (χ0) is 19.3. The lowest BCUT2D eigenvalue weighted by atomic mass is 10.1. The standard InChI is InChI=1S/C21H20N6O/c1-11(12-4-5-12)25-21-18-14-7-6-13(16-3-2-8-24-27-16)9-17(14)26-19(18)15(10-23-21)20(22)28/h2-3,6-12,26H,4-5H2,1H3,(H2,22,28)(H,23,25). The van der Waals surface area contributed by atoms with Gasteiger partial charge in [0.2, 0.25) is 0 Å². The number of rotatable bonds is 5. The summed E-state index contributed by atoms with van der Waals surface area (Å²) >= 11 is 0. The van der Waals surface area contributed by atoms with Crippen molar-refractivity contribution in [2.45, 2.75) is 25.8 Å². The van der Waals surface area contributed by atoms with Gasteiger partial charge in [-0.05, 0) is 43.9 Å². The fourth-order valence-electron chi connectivity index (χ4n) is 3.74. The molecule has 1 saturated carbocycles. The topological polar surface area (TPSA) is 110 Å². The first-order valence-electron chi connectivity index (χ1n) is 9.40. The zero-order valence-corrected chi connectivity index (χ0v) is 15.4. The summed E-state index contributed by atoms with van der Waals surface area (Å²) in [6.45, 7) is 2.17. The number of fused-ring (bicyclic) bond motifs is 3. The molecule has 1 unspecified atom stereocenters. The molecule has 5 rings (SSSR count). The Kier molecular flexibility index (Phi) is 3.75. The molecule has 0 aliphatic heterocycles. The van der Waals surface area contributed by atoms with E-state index in [1.807, 2.05) is 30.3 Å². The molecule has 3 heterocycles. The van der Waals surface area contributed by atoms with Crippen LogP contribution in [0.3, 0.4) is 0 Å². The number of benzene rings is 1. The number of carbonyl (C=O) groups excluding carboxylic acids is 1. The quantitative estimate of drug-likeness (QED) is 0.497. The Morgan fingerprint density at radius 2 is 2.18 bits per heavy atom. The summed E-state index contributed by atoms with van der Waals surface area (Å²) in [7, 11) is 0. The third kappa shape index (κ3) is 2.76. The summed E-state index contributed by atoms with van der Waals surface area (Å²) in [5, 5.41) is 13.5. The number of H-pyrrole nitrogens is 1. The molecule has 0 spiro atoms. The Morgan fingerprint density at radius 1 is 1.32 bits per heavy atom. The van der Waals surface area contributed by atoms with Gasteiger partial charge in [-0.1, -0.05) is 12.1 Å². The number of nitrogens with two attached hydrogens (primary N) is 1. The van der Waals surface area contributed by atoms with E-state index in [2.05, 4.69) is 32.4 Å². The normalized spacial score (nSPS) is 15.0. The van der Waals surface area contributed by atoms with Gasteiger partial charge < -0.3 is 16.0 Å². The van der Waals surface area contributed by atoms with E-state index < -0.39 is 5.91 Å². The number of aromatic nitrogens is 4. The third-order valence-electron chi connectivity index (χ3n) is 5.45. The average Bonchev–Trinajstić information content (AvgIpc) is 3.48. The number of pyridine rings is 1. The number of aromatic amines is 1. The van der Waals surface area contributed by atoms with Gasteiger partial charge in [0.05, 0.1) is 22.2 Å². The molecule has 4 N–H and O–H groups in total. The third-order valence-corrected chi connectivity index (χ3v) is 5.45. The Bertz CT molecular complexity index is 1200.